The van der Waals surface area contributed by atoms with Gasteiger partial charge in [0.15, 0.2) is 0 Å². The highest BCUT2D eigenvalue weighted by atomic mass is 16.3. The van der Waals surface area contributed by atoms with Crippen LogP contribution in [0, 0.1) is 6.92 Å². The molecule has 114 valence electrons. The maximum absolute atomic E-state index is 6.02. The molecular weight excluding hydrogens is 274 g/mol. The van der Waals surface area contributed by atoms with Crippen LogP contribution in [0.1, 0.15) is 16.9 Å². The molecule has 0 spiro atoms. The van der Waals surface area contributed by atoms with Gasteiger partial charge in [0.05, 0.1) is 12.2 Å². The van der Waals surface area contributed by atoms with Crippen LogP contribution in [0.15, 0.2) is 47.1 Å². The van der Waals surface area contributed by atoms with E-state index in [9.17, 15) is 0 Å². The quantitative estimate of drug-likeness (QED) is 0.777. The summed E-state index contributed by atoms with van der Waals surface area (Å²) in [6.45, 7) is 3.71. The van der Waals surface area contributed by atoms with E-state index in [0.29, 0.717) is 0 Å². The van der Waals surface area contributed by atoms with Crippen molar-refractivity contribution in [3.8, 4) is 0 Å². The summed E-state index contributed by atoms with van der Waals surface area (Å²) in [6.07, 6.45) is 3.61. The number of pyridine rings is 1. The van der Waals surface area contributed by atoms with Gasteiger partial charge in [0.1, 0.15) is 11.3 Å². The Bertz CT molecular complexity index is 763. The van der Waals surface area contributed by atoms with E-state index in [2.05, 4.69) is 42.3 Å². The van der Waals surface area contributed by atoms with Gasteiger partial charge in [-0.05, 0) is 44.8 Å². The van der Waals surface area contributed by atoms with Crippen molar-refractivity contribution in [3.05, 3.63) is 59.6 Å². The summed E-state index contributed by atoms with van der Waals surface area (Å²) in [5.74, 6) is 1.04. The van der Waals surface area contributed by atoms with E-state index in [1.54, 1.807) is 6.20 Å². The fourth-order valence-electron chi connectivity index (χ4n) is 2.69. The second kappa shape index (κ2) is 6.20. The monoisotopic (exact) mass is 295 g/mol. The molecule has 0 radical (unpaired) electrons. The maximum atomic E-state index is 6.02. The number of hydrogen-bond donors (Lipinski definition) is 1. The van der Waals surface area contributed by atoms with Crippen LogP contribution in [0.3, 0.4) is 0 Å². The Balaban J connectivity index is 1.91. The molecule has 0 amide bonds. The molecule has 3 rings (SSSR count). The Hall–Kier alpha value is -2.33. The first-order valence-electron chi connectivity index (χ1n) is 7.43. The second-order valence-corrected chi connectivity index (χ2v) is 5.77. The number of nitrogens with one attached hydrogen (secondary N) is 1. The van der Waals surface area contributed by atoms with E-state index in [4.69, 9.17) is 4.42 Å². The lowest BCUT2D eigenvalue weighted by atomic mass is 10.1. The van der Waals surface area contributed by atoms with Crippen LogP contribution in [0.25, 0.3) is 11.0 Å². The highest BCUT2D eigenvalue weighted by molar-refractivity contribution is 5.85. The van der Waals surface area contributed by atoms with Crippen molar-refractivity contribution in [2.24, 2.45) is 0 Å². The van der Waals surface area contributed by atoms with Gasteiger partial charge < -0.3 is 14.6 Å². The lowest BCUT2D eigenvalue weighted by Crippen LogP contribution is -2.10. The van der Waals surface area contributed by atoms with Gasteiger partial charge in [-0.25, -0.2) is 0 Å². The van der Waals surface area contributed by atoms with Crippen LogP contribution < -0.4 is 5.32 Å². The van der Waals surface area contributed by atoms with Crippen molar-refractivity contribution in [2.75, 3.05) is 19.4 Å². The summed E-state index contributed by atoms with van der Waals surface area (Å²) in [4.78, 5) is 6.25. The zero-order valence-electron chi connectivity index (χ0n) is 13.3. The molecule has 0 unspecified atom stereocenters. The minimum atomic E-state index is 0.755. The average Bonchev–Trinajstić information content (AvgIpc) is 2.82. The SMILES string of the molecule is Cc1c(CN(C)C)oc2cccc(CNc3cccnc3)c12. The molecule has 0 atom stereocenters. The number of fused-ring (bicyclic) bond motifs is 1. The highest BCUT2D eigenvalue weighted by Gasteiger charge is 2.14. The molecular formula is C18H21N3O. The minimum absolute atomic E-state index is 0.755. The van der Waals surface area contributed by atoms with Crippen LogP contribution in [-0.4, -0.2) is 24.0 Å². The summed E-state index contributed by atoms with van der Waals surface area (Å²) in [5.41, 5.74) is 4.45. The molecule has 0 saturated heterocycles. The number of anilines is 1. The Morgan fingerprint density at radius 2 is 2.05 bits per heavy atom. The van der Waals surface area contributed by atoms with Crippen LogP contribution in [0.5, 0.6) is 0 Å². The molecule has 0 aliphatic rings. The van der Waals surface area contributed by atoms with Crippen molar-refractivity contribution in [1.29, 1.82) is 0 Å². The standard InChI is InChI=1S/C18H21N3O/c1-13-17(12-21(2)3)22-16-8-4-6-14(18(13)16)10-20-15-7-5-9-19-11-15/h4-9,11,20H,10,12H2,1-3H3. The molecule has 1 N–H and O–H groups in total. The molecule has 0 saturated carbocycles. The first kappa shape index (κ1) is 14.6. The average molecular weight is 295 g/mol. The van der Waals surface area contributed by atoms with E-state index >= 15 is 0 Å². The molecule has 0 aliphatic heterocycles. The minimum Gasteiger partial charge on any atom is -0.459 e. The fraction of sp³-hybridized carbons (Fsp3) is 0.278. The predicted octanol–water partition coefficient (Wildman–Crippen LogP) is 3.81. The molecule has 1 aromatic carbocycles. The van der Waals surface area contributed by atoms with Crippen LogP contribution >= 0.6 is 0 Å². The number of nitrogens with zero attached hydrogens (tertiary/aromatic N) is 2. The summed E-state index contributed by atoms with van der Waals surface area (Å²) >= 11 is 0. The summed E-state index contributed by atoms with van der Waals surface area (Å²) < 4.78 is 6.02. The van der Waals surface area contributed by atoms with Crippen molar-refractivity contribution in [1.82, 2.24) is 9.88 Å². The highest BCUT2D eigenvalue weighted by Crippen LogP contribution is 2.29. The van der Waals surface area contributed by atoms with Gasteiger partial charge in [0.2, 0.25) is 0 Å². The molecule has 2 aromatic heterocycles. The third-order valence-corrected chi connectivity index (χ3v) is 3.74. The van der Waals surface area contributed by atoms with Crippen LogP contribution in [0.4, 0.5) is 5.69 Å². The molecule has 0 aliphatic carbocycles. The van der Waals surface area contributed by atoms with E-state index < -0.39 is 0 Å². The van der Waals surface area contributed by atoms with Crippen LogP contribution in [0.2, 0.25) is 0 Å². The van der Waals surface area contributed by atoms with Crippen LogP contribution in [-0.2, 0) is 13.1 Å². The maximum Gasteiger partial charge on any atom is 0.134 e. The zero-order valence-corrected chi connectivity index (χ0v) is 13.3. The number of aromatic nitrogens is 1. The van der Waals surface area contributed by atoms with Gasteiger partial charge in [-0.1, -0.05) is 12.1 Å². The van der Waals surface area contributed by atoms with Gasteiger partial charge in [0, 0.05) is 29.9 Å². The van der Waals surface area contributed by atoms with E-state index in [-0.39, 0.29) is 0 Å². The lowest BCUT2D eigenvalue weighted by Gasteiger charge is -2.08. The second-order valence-electron chi connectivity index (χ2n) is 5.77. The molecule has 2 heterocycles. The van der Waals surface area contributed by atoms with Crippen molar-refractivity contribution < 1.29 is 4.42 Å². The summed E-state index contributed by atoms with van der Waals surface area (Å²) in [5, 5.41) is 4.63. The smallest absolute Gasteiger partial charge is 0.134 e. The molecule has 0 bridgehead atoms. The number of rotatable bonds is 5. The third-order valence-electron chi connectivity index (χ3n) is 3.74. The van der Waals surface area contributed by atoms with E-state index in [1.807, 2.05) is 30.5 Å². The number of benzene rings is 1. The molecule has 22 heavy (non-hydrogen) atoms. The Morgan fingerprint density at radius 1 is 1.18 bits per heavy atom. The van der Waals surface area contributed by atoms with Gasteiger partial charge in [-0.3, -0.25) is 4.98 Å². The predicted molar refractivity (Wildman–Crippen MR) is 89.9 cm³/mol. The largest absolute Gasteiger partial charge is 0.459 e. The van der Waals surface area contributed by atoms with Gasteiger partial charge in [-0.15, -0.1) is 0 Å². The molecule has 0 fully saturated rings. The van der Waals surface area contributed by atoms with Crippen molar-refractivity contribution >= 4 is 16.7 Å². The van der Waals surface area contributed by atoms with Crippen molar-refractivity contribution in [2.45, 2.75) is 20.0 Å². The summed E-state index contributed by atoms with van der Waals surface area (Å²) in [7, 11) is 4.11. The van der Waals surface area contributed by atoms with Gasteiger partial charge in [-0.2, -0.15) is 0 Å². The normalized spacial score (nSPS) is 11.3. The molecule has 3 aromatic rings. The Labute approximate surface area is 130 Å². The Kier molecular flexibility index (Phi) is 4.11. The first-order valence-corrected chi connectivity index (χ1v) is 7.43. The summed E-state index contributed by atoms with van der Waals surface area (Å²) in [6, 6.07) is 10.2. The van der Waals surface area contributed by atoms with E-state index in [0.717, 1.165) is 30.1 Å². The number of aryl methyl sites for hydroxylation is 1. The van der Waals surface area contributed by atoms with Gasteiger partial charge >= 0.3 is 0 Å². The molecule has 4 nitrogen and oxygen atoms in total. The fourth-order valence-corrected chi connectivity index (χ4v) is 2.69. The third kappa shape index (κ3) is 2.97. The number of furan rings is 1. The Morgan fingerprint density at radius 3 is 2.77 bits per heavy atom. The lowest BCUT2D eigenvalue weighted by molar-refractivity contribution is 0.356. The van der Waals surface area contributed by atoms with E-state index in [1.165, 1.54) is 16.5 Å². The first-order chi connectivity index (χ1) is 10.6. The number of hydrogen-bond acceptors (Lipinski definition) is 4. The molecule has 4 heteroatoms. The topological polar surface area (TPSA) is 41.3 Å². The van der Waals surface area contributed by atoms with Crippen molar-refractivity contribution in [3.63, 3.8) is 0 Å². The van der Waals surface area contributed by atoms with Gasteiger partial charge in [0.25, 0.3) is 0 Å². The zero-order chi connectivity index (χ0) is 15.5.